The fraction of sp³-hybridized carbons (Fsp3) is 0.133. The molecule has 6 nitrogen and oxygen atoms in total. The maximum absolute atomic E-state index is 11.5. The molecule has 0 radical (unpaired) electrons. The van der Waals surface area contributed by atoms with E-state index in [4.69, 9.17) is 9.84 Å². The number of carboxylic acids is 1. The number of carboxylic acid groups (broad SMARTS) is 1. The van der Waals surface area contributed by atoms with Crippen LogP contribution in [0.25, 0.3) is 0 Å². The largest absolute Gasteiger partial charge is 0.481 e. The first-order chi connectivity index (χ1) is 10.1. The van der Waals surface area contributed by atoms with E-state index in [9.17, 15) is 9.59 Å². The van der Waals surface area contributed by atoms with E-state index < -0.39 is 5.97 Å². The molecule has 108 valence electrons. The van der Waals surface area contributed by atoms with Gasteiger partial charge in [0.1, 0.15) is 17.2 Å². The summed E-state index contributed by atoms with van der Waals surface area (Å²) in [6.07, 6.45) is 1.32. The van der Waals surface area contributed by atoms with Crippen molar-refractivity contribution in [3.05, 3.63) is 53.9 Å². The van der Waals surface area contributed by atoms with Crippen LogP contribution < -0.4 is 10.1 Å². The van der Waals surface area contributed by atoms with Gasteiger partial charge in [-0.15, -0.1) is 0 Å². The van der Waals surface area contributed by atoms with Gasteiger partial charge in [-0.05, 0) is 12.1 Å². The Labute approximate surface area is 121 Å². The molecule has 21 heavy (non-hydrogen) atoms. The molecule has 1 heterocycles. The van der Waals surface area contributed by atoms with Gasteiger partial charge in [0.05, 0.1) is 6.42 Å². The van der Waals surface area contributed by atoms with E-state index in [0.717, 1.165) is 0 Å². The van der Waals surface area contributed by atoms with Gasteiger partial charge in [0.25, 0.3) is 5.91 Å². The van der Waals surface area contributed by atoms with Crippen molar-refractivity contribution in [3.8, 4) is 11.5 Å². The van der Waals surface area contributed by atoms with Crippen LogP contribution in [-0.2, 0) is 11.2 Å². The van der Waals surface area contributed by atoms with Gasteiger partial charge < -0.3 is 15.2 Å². The lowest BCUT2D eigenvalue weighted by atomic mass is 10.1. The quantitative estimate of drug-likeness (QED) is 0.875. The van der Waals surface area contributed by atoms with E-state index in [1.807, 2.05) is 0 Å². The van der Waals surface area contributed by atoms with Gasteiger partial charge in [-0.1, -0.05) is 18.2 Å². The smallest absolute Gasteiger partial charge is 0.307 e. The lowest BCUT2D eigenvalue weighted by molar-refractivity contribution is -0.136. The van der Waals surface area contributed by atoms with Crippen LogP contribution in [0.3, 0.4) is 0 Å². The zero-order chi connectivity index (χ0) is 15.2. The molecular weight excluding hydrogens is 272 g/mol. The number of benzene rings is 1. The number of aliphatic carboxylic acids is 1. The fourth-order valence-corrected chi connectivity index (χ4v) is 1.77. The fourth-order valence-electron chi connectivity index (χ4n) is 1.77. The Balaban J connectivity index is 2.26. The second-order valence-electron chi connectivity index (χ2n) is 4.24. The molecule has 0 fully saturated rings. The molecule has 2 rings (SSSR count). The Kier molecular flexibility index (Phi) is 4.50. The number of hydrogen-bond acceptors (Lipinski definition) is 4. The molecule has 2 aromatic rings. The van der Waals surface area contributed by atoms with Gasteiger partial charge in [-0.25, -0.2) is 0 Å². The molecule has 2 N–H and O–H groups in total. The molecule has 0 saturated carbocycles. The lowest BCUT2D eigenvalue weighted by Crippen LogP contribution is -2.18. The predicted octanol–water partition coefficient (Wildman–Crippen LogP) is 1.86. The average Bonchev–Trinajstić information content (AvgIpc) is 2.48. The highest BCUT2D eigenvalue weighted by molar-refractivity contribution is 5.92. The summed E-state index contributed by atoms with van der Waals surface area (Å²) >= 11 is 0. The SMILES string of the molecule is CNC(=O)c1cc(Oc2ccccc2CC(=O)O)ccn1. The molecule has 0 aliphatic heterocycles. The highest BCUT2D eigenvalue weighted by atomic mass is 16.5. The summed E-state index contributed by atoms with van der Waals surface area (Å²) in [6.45, 7) is 0. The molecule has 1 aromatic carbocycles. The number of nitrogens with one attached hydrogen (secondary N) is 1. The van der Waals surface area contributed by atoms with Gasteiger partial charge in [0, 0.05) is 24.9 Å². The second kappa shape index (κ2) is 6.51. The number of aromatic nitrogens is 1. The van der Waals surface area contributed by atoms with Gasteiger partial charge in [-0.2, -0.15) is 0 Å². The van der Waals surface area contributed by atoms with Crippen molar-refractivity contribution in [1.29, 1.82) is 0 Å². The van der Waals surface area contributed by atoms with E-state index in [1.54, 1.807) is 30.3 Å². The highest BCUT2D eigenvalue weighted by Gasteiger charge is 2.10. The molecule has 0 aliphatic carbocycles. The van der Waals surface area contributed by atoms with Gasteiger partial charge in [0.15, 0.2) is 0 Å². The normalized spacial score (nSPS) is 9.95. The minimum Gasteiger partial charge on any atom is -0.481 e. The monoisotopic (exact) mass is 286 g/mol. The van der Waals surface area contributed by atoms with Crippen LogP contribution in [0.4, 0.5) is 0 Å². The van der Waals surface area contributed by atoms with E-state index in [1.165, 1.54) is 19.3 Å². The van der Waals surface area contributed by atoms with Crippen LogP contribution in [0.2, 0.25) is 0 Å². The molecule has 0 unspecified atom stereocenters. The van der Waals surface area contributed by atoms with Crippen LogP contribution in [0.15, 0.2) is 42.6 Å². The minimum atomic E-state index is -0.938. The van der Waals surface area contributed by atoms with E-state index in [-0.39, 0.29) is 18.0 Å². The lowest BCUT2D eigenvalue weighted by Gasteiger charge is -2.10. The van der Waals surface area contributed by atoms with E-state index in [0.29, 0.717) is 17.1 Å². The Hall–Kier alpha value is -2.89. The predicted molar refractivity (Wildman–Crippen MR) is 75.5 cm³/mol. The third kappa shape index (κ3) is 3.79. The van der Waals surface area contributed by atoms with Crippen molar-refractivity contribution in [1.82, 2.24) is 10.3 Å². The molecule has 1 amide bonds. The third-order valence-corrected chi connectivity index (χ3v) is 2.73. The van der Waals surface area contributed by atoms with Crippen molar-refractivity contribution < 1.29 is 19.4 Å². The molecule has 0 saturated heterocycles. The zero-order valence-electron chi connectivity index (χ0n) is 11.4. The molecule has 0 aliphatic rings. The Morgan fingerprint density at radius 1 is 1.29 bits per heavy atom. The molecule has 0 spiro atoms. The number of carbonyl (C=O) groups excluding carboxylic acids is 1. The van der Waals surface area contributed by atoms with Crippen molar-refractivity contribution in [3.63, 3.8) is 0 Å². The van der Waals surface area contributed by atoms with E-state index >= 15 is 0 Å². The summed E-state index contributed by atoms with van der Waals surface area (Å²) in [4.78, 5) is 26.3. The number of ether oxygens (including phenoxy) is 1. The number of carbonyl (C=O) groups is 2. The Morgan fingerprint density at radius 2 is 2.05 bits per heavy atom. The number of para-hydroxylation sites is 1. The van der Waals surface area contributed by atoms with Crippen molar-refractivity contribution in [2.75, 3.05) is 7.05 Å². The molecule has 6 heteroatoms. The first-order valence-corrected chi connectivity index (χ1v) is 6.26. The highest BCUT2D eigenvalue weighted by Crippen LogP contribution is 2.25. The Morgan fingerprint density at radius 3 is 2.76 bits per heavy atom. The first kappa shape index (κ1) is 14.5. The maximum atomic E-state index is 11.5. The maximum Gasteiger partial charge on any atom is 0.307 e. The standard InChI is InChI=1S/C15H14N2O4/c1-16-15(20)12-9-11(6-7-17-12)21-13-5-3-2-4-10(13)8-14(18)19/h2-7,9H,8H2,1H3,(H,16,20)(H,18,19). The van der Waals surface area contributed by atoms with Crippen LogP contribution in [0.5, 0.6) is 11.5 Å². The van der Waals surface area contributed by atoms with Crippen molar-refractivity contribution >= 4 is 11.9 Å². The van der Waals surface area contributed by atoms with Crippen molar-refractivity contribution in [2.45, 2.75) is 6.42 Å². The third-order valence-electron chi connectivity index (χ3n) is 2.73. The summed E-state index contributed by atoms with van der Waals surface area (Å²) in [5.74, 6) is -0.401. The summed E-state index contributed by atoms with van der Waals surface area (Å²) < 4.78 is 5.66. The molecule has 0 atom stereocenters. The van der Waals surface area contributed by atoms with Crippen LogP contribution in [0, 0.1) is 0 Å². The van der Waals surface area contributed by atoms with E-state index in [2.05, 4.69) is 10.3 Å². The average molecular weight is 286 g/mol. The summed E-state index contributed by atoms with van der Waals surface area (Å²) in [5, 5.41) is 11.4. The molecular formula is C15H14N2O4. The summed E-state index contributed by atoms with van der Waals surface area (Å²) in [7, 11) is 1.51. The Bertz CT molecular complexity index is 670. The van der Waals surface area contributed by atoms with Gasteiger partial charge in [-0.3, -0.25) is 14.6 Å². The number of rotatable bonds is 5. The first-order valence-electron chi connectivity index (χ1n) is 6.26. The summed E-state index contributed by atoms with van der Waals surface area (Å²) in [6, 6.07) is 9.96. The number of nitrogens with zero attached hydrogens (tertiary/aromatic N) is 1. The molecule has 0 bridgehead atoms. The number of amides is 1. The molecule has 1 aromatic heterocycles. The van der Waals surface area contributed by atoms with Crippen LogP contribution >= 0.6 is 0 Å². The minimum absolute atomic E-state index is 0.135. The number of pyridine rings is 1. The second-order valence-corrected chi connectivity index (χ2v) is 4.24. The van der Waals surface area contributed by atoms with Crippen LogP contribution in [0.1, 0.15) is 16.1 Å². The summed E-state index contributed by atoms with van der Waals surface area (Å²) in [5.41, 5.74) is 0.786. The number of hydrogen-bond donors (Lipinski definition) is 2. The van der Waals surface area contributed by atoms with Crippen molar-refractivity contribution in [2.24, 2.45) is 0 Å². The van der Waals surface area contributed by atoms with Gasteiger partial charge >= 0.3 is 5.97 Å². The zero-order valence-corrected chi connectivity index (χ0v) is 11.4. The topological polar surface area (TPSA) is 88.5 Å². The van der Waals surface area contributed by atoms with Crippen LogP contribution in [-0.4, -0.2) is 29.0 Å². The van der Waals surface area contributed by atoms with Gasteiger partial charge in [0.2, 0.25) is 0 Å².